The van der Waals surface area contributed by atoms with Crippen molar-refractivity contribution in [3.8, 4) is 17.1 Å². The Bertz CT molecular complexity index is 1030. The van der Waals surface area contributed by atoms with Gasteiger partial charge in [-0.3, -0.25) is 0 Å². The lowest BCUT2D eigenvalue weighted by Gasteiger charge is -2.08. The van der Waals surface area contributed by atoms with Crippen molar-refractivity contribution in [3.05, 3.63) is 65.1 Å². The molecule has 1 N–H and O–H groups in total. The molecule has 0 aliphatic heterocycles. The Morgan fingerprint density at radius 2 is 1.73 bits per heavy atom. The summed E-state index contributed by atoms with van der Waals surface area (Å²) < 4.78 is 8.21. The summed E-state index contributed by atoms with van der Waals surface area (Å²) in [6.07, 6.45) is 0. The zero-order chi connectivity index (χ0) is 17.9. The number of rotatable bonds is 5. The molecule has 0 spiro atoms. The van der Waals surface area contributed by atoms with E-state index < -0.39 is 0 Å². The van der Waals surface area contributed by atoms with Crippen LogP contribution in [0.4, 0.5) is 11.5 Å². The number of ether oxygens (including phenoxy) is 1. The van der Waals surface area contributed by atoms with E-state index in [4.69, 9.17) is 4.74 Å². The fourth-order valence-electron chi connectivity index (χ4n) is 2.58. The van der Waals surface area contributed by atoms with E-state index in [1.165, 1.54) is 0 Å². The summed E-state index contributed by atoms with van der Waals surface area (Å²) in [5.74, 6) is 2.25. The third kappa shape index (κ3) is 3.39. The third-order valence-corrected chi connectivity index (χ3v) is 4.33. The van der Waals surface area contributed by atoms with Crippen molar-refractivity contribution in [3.63, 3.8) is 0 Å². The van der Waals surface area contributed by atoms with Gasteiger partial charge >= 0.3 is 0 Å². The van der Waals surface area contributed by atoms with Gasteiger partial charge in [-0.1, -0.05) is 28.1 Å². The molecule has 0 saturated heterocycles. The molecule has 0 unspecified atom stereocenters. The summed E-state index contributed by atoms with van der Waals surface area (Å²) in [5.41, 5.74) is 2.57. The summed E-state index contributed by atoms with van der Waals surface area (Å²) in [4.78, 5) is 0. The Morgan fingerprint density at radius 3 is 2.46 bits per heavy atom. The van der Waals surface area contributed by atoms with Gasteiger partial charge in [-0.2, -0.15) is 4.52 Å². The highest BCUT2D eigenvalue weighted by atomic mass is 79.9. The molecule has 0 saturated carbocycles. The molecule has 6 nitrogen and oxygen atoms in total. The second-order valence-corrected chi connectivity index (χ2v) is 6.52. The first-order chi connectivity index (χ1) is 12.7. The van der Waals surface area contributed by atoms with E-state index in [0.717, 1.165) is 21.5 Å². The fourth-order valence-corrected chi connectivity index (χ4v) is 2.85. The number of hydrogen-bond acceptors (Lipinski definition) is 5. The molecular weight excluding hydrogens is 394 g/mol. The quantitative estimate of drug-likeness (QED) is 0.517. The highest BCUT2D eigenvalue weighted by molar-refractivity contribution is 9.10. The zero-order valence-corrected chi connectivity index (χ0v) is 15.6. The summed E-state index contributed by atoms with van der Waals surface area (Å²) in [6.45, 7) is 2.62. The Morgan fingerprint density at radius 1 is 0.962 bits per heavy atom. The molecule has 0 atom stereocenters. The van der Waals surface area contributed by atoms with E-state index in [1.54, 1.807) is 4.52 Å². The van der Waals surface area contributed by atoms with Crippen molar-refractivity contribution >= 4 is 33.1 Å². The minimum Gasteiger partial charge on any atom is -0.494 e. The highest BCUT2D eigenvalue weighted by Gasteiger charge is 2.10. The smallest absolute Gasteiger partial charge is 0.185 e. The van der Waals surface area contributed by atoms with Crippen LogP contribution in [0.1, 0.15) is 6.92 Å². The van der Waals surface area contributed by atoms with Gasteiger partial charge in [-0.05, 0) is 55.5 Å². The molecule has 0 fully saturated rings. The van der Waals surface area contributed by atoms with Crippen molar-refractivity contribution in [1.29, 1.82) is 0 Å². The van der Waals surface area contributed by atoms with Crippen molar-refractivity contribution < 1.29 is 4.74 Å². The van der Waals surface area contributed by atoms with Gasteiger partial charge in [0.25, 0.3) is 0 Å². The maximum absolute atomic E-state index is 5.46. The van der Waals surface area contributed by atoms with Crippen LogP contribution in [0.25, 0.3) is 17.0 Å². The predicted octanol–water partition coefficient (Wildman–Crippen LogP) is 4.70. The second kappa shape index (κ2) is 7.13. The molecule has 4 aromatic rings. The van der Waals surface area contributed by atoms with Crippen molar-refractivity contribution in [2.24, 2.45) is 0 Å². The maximum atomic E-state index is 5.46. The number of nitrogens with zero attached hydrogens (tertiary/aromatic N) is 4. The minimum atomic E-state index is 0.650. The van der Waals surface area contributed by atoms with Gasteiger partial charge in [0, 0.05) is 15.7 Å². The van der Waals surface area contributed by atoms with Gasteiger partial charge in [0.05, 0.1) is 6.61 Å². The number of halogens is 1. The van der Waals surface area contributed by atoms with E-state index in [2.05, 4.69) is 36.5 Å². The van der Waals surface area contributed by atoms with E-state index in [0.29, 0.717) is 23.9 Å². The number of aromatic nitrogens is 4. The first-order valence-corrected chi connectivity index (χ1v) is 9.00. The Kier molecular flexibility index (Phi) is 4.53. The minimum absolute atomic E-state index is 0.650. The summed E-state index contributed by atoms with van der Waals surface area (Å²) >= 11 is 3.44. The number of fused-ring (bicyclic) bond motifs is 1. The average molecular weight is 410 g/mol. The van der Waals surface area contributed by atoms with Crippen molar-refractivity contribution in [2.45, 2.75) is 6.92 Å². The standard InChI is InChI=1S/C19H16BrN5O/c1-2-26-16-9-7-15(8-10-16)21-17-11-12-18-22-23-19(25(18)24-17)13-3-5-14(20)6-4-13/h3-12H,2H2,1H3,(H,21,24). The largest absolute Gasteiger partial charge is 0.494 e. The molecule has 7 heteroatoms. The average Bonchev–Trinajstić information content (AvgIpc) is 3.07. The molecule has 0 aliphatic carbocycles. The Balaban J connectivity index is 1.64. The molecule has 4 rings (SSSR count). The number of anilines is 2. The molecular formula is C19H16BrN5O. The first-order valence-electron chi connectivity index (χ1n) is 8.21. The molecule has 2 aromatic carbocycles. The molecule has 0 radical (unpaired) electrons. The number of nitrogens with one attached hydrogen (secondary N) is 1. The lowest BCUT2D eigenvalue weighted by atomic mass is 10.2. The van der Waals surface area contributed by atoms with E-state index in [-0.39, 0.29) is 0 Å². The summed E-state index contributed by atoms with van der Waals surface area (Å²) in [7, 11) is 0. The van der Waals surface area contributed by atoms with Crippen LogP contribution in [0.15, 0.2) is 65.1 Å². The summed E-state index contributed by atoms with van der Waals surface area (Å²) in [5, 5.41) is 16.4. The monoisotopic (exact) mass is 409 g/mol. The van der Waals surface area contributed by atoms with E-state index in [1.807, 2.05) is 67.6 Å². The molecule has 2 aromatic heterocycles. The van der Waals surface area contributed by atoms with Gasteiger partial charge in [0.2, 0.25) is 0 Å². The fraction of sp³-hybridized carbons (Fsp3) is 0.105. The molecule has 2 heterocycles. The van der Waals surface area contributed by atoms with Crippen LogP contribution < -0.4 is 10.1 Å². The van der Waals surface area contributed by atoms with Crippen molar-refractivity contribution in [1.82, 2.24) is 19.8 Å². The maximum Gasteiger partial charge on any atom is 0.185 e. The highest BCUT2D eigenvalue weighted by Crippen LogP contribution is 2.22. The number of benzene rings is 2. The first kappa shape index (κ1) is 16.5. The van der Waals surface area contributed by atoms with Crippen molar-refractivity contribution in [2.75, 3.05) is 11.9 Å². The van der Waals surface area contributed by atoms with Crippen LogP contribution in [0.2, 0.25) is 0 Å². The Hall–Kier alpha value is -2.93. The predicted molar refractivity (Wildman–Crippen MR) is 105 cm³/mol. The zero-order valence-electron chi connectivity index (χ0n) is 14.1. The Labute approximate surface area is 159 Å². The summed E-state index contributed by atoms with van der Waals surface area (Å²) in [6, 6.07) is 19.4. The van der Waals surface area contributed by atoms with Crippen LogP contribution in [0.3, 0.4) is 0 Å². The van der Waals surface area contributed by atoms with E-state index in [9.17, 15) is 0 Å². The number of hydrogen-bond donors (Lipinski definition) is 1. The van der Waals surface area contributed by atoms with Crippen LogP contribution in [-0.2, 0) is 0 Å². The van der Waals surface area contributed by atoms with Crippen LogP contribution in [0.5, 0.6) is 5.75 Å². The van der Waals surface area contributed by atoms with Gasteiger partial charge in [-0.25, -0.2) is 0 Å². The van der Waals surface area contributed by atoms with Gasteiger partial charge in [0.15, 0.2) is 17.3 Å². The van der Waals surface area contributed by atoms with Gasteiger partial charge in [-0.15, -0.1) is 15.3 Å². The van der Waals surface area contributed by atoms with Crippen LogP contribution in [0, 0.1) is 0 Å². The molecule has 0 amide bonds. The SMILES string of the molecule is CCOc1ccc(Nc2ccc3nnc(-c4ccc(Br)cc4)n3n2)cc1. The lowest BCUT2D eigenvalue weighted by molar-refractivity contribution is 0.340. The van der Waals surface area contributed by atoms with Gasteiger partial charge in [0.1, 0.15) is 5.75 Å². The molecule has 130 valence electrons. The van der Waals surface area contributed by atoms with Crippen LogP contribution >= 0.6 is 15.9 Å². The van der Waals surface area contributed by atoms with Gasteiger partial charge < -0.3 is 10.1 Å². The second-order valence-electron chi connectivity index (χ2n) is 5.60. The molecule has 0 bridgehead atoms. The topological polar surface area (TPSA) is 64.3 Å². The van der Waals surface area contributed by atoms with Crippen LogP contribution in [-0.4, -0.2) is 26.4 Å². The molecule has 0 aliphatic rings. The lowest BCUT2D eigenvalue weighted by Crippen LogP contribution is -2.00. The normalized spacial score (nSPS) is 10.8. The third-order valence-electron chi connectivity index (χ3n) is 3.80. The molecule has 26 heavy (non-hydrogen) atoms. The van der Waals surface area contributed by atoms with E-state index >= 15 is 0 Å².